The highest BCUT2D eigenvalue weighted by atomic mass is 16.7. The van der Waals surface area contributed by atoms with Gasteiger partial charge in [-0.1, -0.05) is 256 Å². The first-order valence-electron chi connectivity index (χ1n) is 29.2. The van der Waals surface area contributed by atoms with Gasteiger partial charge in [0.25, 0.3) is 0 Å². The number of ether oxygens (including phenoxy) is 2. The average molecular weight is 967 g/mol. The molecule has 0 aromatic heterocycles. The molecule has 1 aliphatic rings. The highest BCUT2D eigenvalue weighted by Crippen LogP contribution is 2.23. The van der Waals surface area contributed by atoms with Crippen LogP contribution in [-0.2, 0) is 14.3 Å². The van der Waals surface area contributed by atoms with Crippen molar-refractivity contribution in [3.63, 3.8) is 0 Å². The zero-order valence-corrected chi connectivity index (χ0v) is 44.2. The topological polar surface area (TPSA) is 169 Å². The Kier molecular flexibility index (Phi) is 45.6. The van der Waals surface area contributed by atoms with Crippen molar-refractivity contribution in [3.8, 4) is 0 Å². The molecule has 10 heteroatoms. The van der Waals surface area contributed by atoms with Crippen LogP contribution in [0.3, 0.4) is 0 Å². The molecule has 0 aromatic rings. The summed E-state index contributed by atoms with van der Waals surface area (Å²) in [5.74, 6) is -0.613. The fourth-order valence-corrected chi connectivity index (χ4v) is 9.40. The molecule has 1 fully saturated rings. The summed E-state index contributed by atoms with van der Waals surface area (Å²) in [5.41, 5.74) is 0. The maximum absolute atomic E-state index is 13.1. The van der Waals surface area contributed by atoms with Crippen molar-refractivity contribution in [2.24, 2.45) is 0 Å². The van der Waals surface area contributed by atoms with Gasteiger partial charge in [-0.3, -0.25) is 4.79 Å². The number of hydrogen-bond donors (Lipinski definition) is 7. The molecule has 7 N–H and O–H groups in total. The highest BCUT2D eigenvalue weighted by Gasteiger charge is 2.44. The predicted molar refractivity (Wildman–Crippen MR) is 283 cm³/mol. The number of carbonyl (C=O) groups excluding carboxylic acids is 1. The van der Waals surface area contributed by atoms with E-state index in [2.05, 4.69) is 31.3 Å². The summed E-state index contributed by atoms with van der Waals surface area (Å²) in [6, 6.07) is -0.979. The molecule has 10 nitrogen and oxygen atoms in total. The van der Waals surface area contributed by atoms with E-state index in [1.54, 1.807) is 6.08 Å². The molecule has 0 bridgehead atoms. The first-order valence-corrected chi connectivity index (χ1v) is 29.2. The van der Waals surface area contributed by atoms with E-state index in [0.29, 0.717) is 6.42 Å². The lowest BCUT2D eigenvalue weighted by Gasteiger charge is -2.40. The summed E-state index contributed by atoms with van der Waals surface area (Å²) in [6.07, 6.45) is 49.9. The number of nitrogens with one attached hydrogen (secondary N) is 1. The fraction of sp³-hybridized carbons (Fsp3) is 0.914. The first-order chi connectivity index (χ1) is 33.3. The predicted octanol–water partition coefficient (Wildman–Crippen LogP) is 13.2. The molecule has 1 amide bonds. The van der Waals surface area contributed by atoms with Gasteiger partial charge < -0.3 is 45.4 Å². The van der Waals surface area contributed by atoms with Gasteiger partial charge in [-0.2, -0.15) is 0 Å². The minimum atomic E-state index is -1.61. The number of allylic oxidation sites excluding steroid dienone is 3. The molecule has 0 aromatic carbocycles. The van der Waals surface area contributed by atoms with Gasteiger partial charge >= 0.3 is 0 Å². The minimum absolute atomic E-state index is 0.303. The van der Waals surface area contributed by atoms with Crippen molar-refractivity contribution in [1.29, 1.82) is 0 Å². The van der Waals surface area contributed by atoms with E-state index in [1.807, 2.05) is 6.08 Å². The van der Waals surface area contributed by atoms with Gasteiger partial charge in [-0.15, -0.1) is 0 Å². The van der Waals surface area contributed by atoms with Crippen LogP contribution in [0.4, 0.5) is 0 Å². The quantitative estimate of drug-likeness (QED) is 0.0232. The fourth-order valence-electron chi connectivity index (χ4n) is 9.40. The zero-order chi connectivity index (χ0) is 49.6. The van der Waals surface area contributed by atoms with E-state index >= 15 is 0 Å². The van der Waals surface area contributed by atoms with Crippen LogP contribution in [0.2, 0.25) is 0 Å². The van der Waals surface area contributed by atoms with Crippen molar-refractivity contribution in [2.75, 3.05) is 13.2 Å². The number of rotatable bonds is 50. The summed E-state index contributed by atoms with van der Waals surface area (Å²) in [4.78, 5) is 13.1. The standard InChI is InChI=1S/C58H111NO9/c1-3-5-7-9-11-13-15-17-19-21-22-23-24-25-26-27-28-29-30-31-33-35-37-39-41-43-45-47-52(62)57(66)59-50(49-67-58-56(65)55(64)54(63)53(48-60)68-58)51(61)46-44-42-40-38-36-34-32-20-18-16-14-12-10-8-6-4-2/h25-26,44,46,50-56,58,60-65H,3-24,27-43,45,47-49H2,1-2H3,(H,59,66)/b26-25-,46-44+. The lowest BCUT2D eigenvalue weighted by Crippen LogP contribution is -2.60. The average Bonchev–Trinajstić information content (AvgIpc) is 3.34. The van der Waals surface area contributed by atoms with E-state index in [0.717, 1.165) is 44.9 Å². The minimum Gasteiger partial charge on any atom is -0.394 e. The molecule has 8 atom stereocenters. The van der Waals surface area contributed by atoms with Crippen molar-refractivity contribution in [3.05, 3.63) is 24.3 Å². The van der Waals surface area contributed by atoms with E-state index in [9.17, 15) is 35.4 Å². The van der Waals surface area contributed by atoms with Crippen LogP contribution in [0.25, 0.3) is 0 Å². The maximum Gasteiger partial charge on any atom is 0.249 e. The normalized spacial score (nSPS) is 20.1. The van der Waals surface area contributed by atoms with Crippen molar-refractivity contribution >= 4 is 5.91 Å². The Labute approximate surface area is 418 Å². The smallest absolute Gasteiger partial charge is 0.249 e. The van der Waals surface area contributed by atoms with Crippen molar-refractivity contribution in [1.82, 2.24) is 5.32 Å². The molecule has 1 aliphatic heterocycles. The van der Waals surface area contributed by atoms with Gasteiger partial charge in [0.05, 0.1) is 25.4 Å². The van der Waals surface area contributed by atoms with Crippen LogP contribution in [0.15, 0.2) is 24.3 Å². The van der Waals surface area contributed by atoms with E-state index in [-0.39, 0.29) is 6.61 Å². The number of amides is 1. The molecule has 1 saturated heterocycles. The summed E-state index contributed by atoms with van der Waals surface area (Å²) in [7, 11) is 0. The van der Waals surface area contributed by atoms with Crippen LogP contribution in [-0.4, -0.2) is 98.7 Å². The molecule has 402 valence electrons. The second-order valence-electron chi connectivity index (χ2n) is 20.6. The summed E-state index contributed by atoms with van der Waals surface area (Å²) >= 11 is 0. The molecule has 0 aliphatic carbocycles. The molecule has 0 spiro atoms. The largest absolute Gasteiger partial charge is 0.394 e. The molecule has 1 rings (SSSR count). The second kappa shape index (κ2) is 47.9. The third-order valence-electron chi connectivity index (χ3n) is 14.1. The number of unbranched alkanes of at least 4 members (excludes halogenated alkanes) is 37. The lowest BCUT2D eigenvalue weighted by atomic mass is 9.99. The van der Waals surface area contributed by atoms with Crippen LogP contribution in [0.5, 0.6) is 0 Å². The first kappa shape index (κ1) is 64.6. The number of hydrogen-bond acceptors (Lipinski definition) is 9. The third-order valence-corrected chi connectivity index (χ3v) is 14.1. The Bertz CT molecular complexity index is 1140. The van der Waals surface area contributed by atoms with Crippen LogP contribution < -0.4 is 5.32 Å². The van der Waals surface area contributed by atoms with Gasteiger partial charge in [0.1, 0.15) is 30.5 Å². The van der Waals surface area contributed by atoms with E-state index in [4.69, 9.17) is 9.47 Å². The van der Waals surface area contributed by atoms with Crippen LogP contribution in [0.1, 0.15) is 277 Å². The van der Waals surface area contributed by atoms with Gasteiger partial charge in [-0.25, -0.2) is 0 Å². The van der Waals surface area contributed by atoms with Crippen molar-refractivity contribution in [2.45, 2.75) is 326 Å². The van der Waals surface area contributed by atoms with Crippen molar-refractivity contribution < 1.29 is 44.9 Å². The SMILES string of the molecule is CCCCCCCCCCCCCC/C=C\CCCCCCCCCCCCCC(O)C(=O)NC(COC1OC(CO)C(O)C(O)C1O)C(O)/C=C/CCCCCCCCCCCCCCCC. The summed E-state index contributed by atoms with van der Waals surface area (Å²) in [5, 5.41) is 65.0. The Morgan fingerprint density at radius 2 is 0.853 bits per heavy atom. The third kappa shape index (κ3) is 36.5. The Morgan fingerprint density at radius 3 is 1.24 bits per heavy atom. The Morgan fingerprint density at radius 1 is 0.500 bits per heavy atom. The maximum atomic E-state index is 13.1. The Hall–Kier alpha value is -1.37. The molecular weight excluding hydrogens is 855 g/mol. The number of aliphatic hydroxyl groups excluding tert-OH is 6. The number of aliphatic hydroxyl groups is 6. The molecular formula is C58H111NO9. The lowest BCUT2D eigenvalue weighted by molar-refractivity contribution is -0.302. The molecule has 0 radical (unpaired) electrons. The highest BCUT2D eigenvalue weighted by molar-refractivity contribution is 5.80. The number of carbonyl (C=O) groups is 1. The summed E-state index contributed by atoms with van der Waals surface area (Å²) < 4.78 is 11.2. The van der Waals surface area contributed by atoms with Crippen LogP contribution >= 0.6 is 0 Å². The summed E-state index contributed by atoms with van der Waals surface area (Å²) in [6.45, 7) is 3.64. The second-order valence-corrected chi connectivity index (χ2v) is 20.6. The molecule has 8 unspecified atom stereocenters. The van der Waals surface area contributed by atoms with Gasteiger partial charge in [0.15, 0.2) is 6.29 Å². The van der Waals surface area contributed by atoms with Gasteiger partial charge in [0, 0.05) is 0 Å². The molecule has 1 heterocycles. The van der Waals surface area contributed by atoms with Crippen LogP contribution in [0, 0.1) is 0 Å². The van der Waals surface area contributed by atoms with Gasteiger partial charge in [0.2, 0.25) is 5.91 Å². The monoisotopic (exact) mass is 966 g/mol. The Balaban J connectivity index is 2.23. The van der Waals surface area contributed by atoms with Gasteiger partial charge in [-0.05, 0) is 44.9 Å². The molecule has 68 heavy (non-hydrogen) atoms. The molecule has 0 saturated carbocycles. The van der Waals surface area contributed by atoms with E-state index < -0.39 is 61.5 Å². The zero-order valence-electron chi connectivity index (χ0n) is 44.2. The van der Waals surface area contributed by atoms with E-state index in [1.165, 1.54) is 212 Å².